The molecule has 0 heterocycles. The summed E-state index contributed by atoms with van der Waals surface area (Å²) in [4.78, 5) is 24.5. The SMILES string of the molecule is CCCCCOc1ccc(C(=O)Oc2ccc([C@H]3CC[C@H](OC(=O)[C@@H](F)[C@@H](C)CC)CC3)cc2)c(F)c1F. The van der Waals surface area contributed by atoms with E-state index < -0.39 is 35.3 Å². The number of ether oxygens (including phenoxy) is 3. The molecule has 1 saturated carbocycles. The zero-order valence-corrected chi connectivity index (χ0v) is 22.3. The molecule has 0 amide bonds. The average molecular weight is 535 g/mol. The summed E-state index contributed by atoms with van der Waals surface area (Å²) in [6.45, 7) is 5.82. The molecule has 8 heteroatoms. The Bertz CT molecular complexity index is 1060. The number of hydrogen-bond donors (Lipinski definition) is 0. The Morgan fingerprint density at radius 2 is 1.63 bits per heavy atom. The minimum absolute atomic E-state index is 0.208. The molecule has 2 aromatic carbocycles. The second-order valence-corrected chi connectivity index (χ2v) is 9.95. The molecule has 0 unspecified atom stereocenters. The van der Waals surface area contributed by atoms with Crippen molar-refractivity contribution in [1.29, 1.82) is 0 Å². The largest absolute Gasteiger partial charge is 0.490 e. The maximum atomic E-state index is 14.5. The molecule has 0 radical (unpaired) electrons. The molecule has 208 valence electrons. The van der Waals surface area contributed by atoms with Crippen molar-refractivity contribution in [2.45, 2.75) is 90.3 Å². The minimum Gasteiger partial charge on any atom is -0.490 e. The Morgan fingerprint density at radius 1 is 0.947 bits per heavy atom. The molecule has 5 nitrogen and oxygen atoms in total. The molecule has 0 aliphatic heterocycles. The van der Waals surface area contributed by atoms with E-state index in [1.54, 1.807) is 19.1 Å². The van der Waals surface area contributed by atoms with Crippen LogP contribution < -0.4 is 9.47 Å². The normalized spacial score (nSPS) is 18.9. The van der Waals surface area contributed by atoms with E-state index in [-0.39, 0.29) is 36.0 Å². The third-order valence-corrected chi connectivity index (χ3v) is 7.16. The second kappa shape index (κ2) is 14.2. The van der Waals surface area contributed by atoms with Gasteiger partial charge in [-0.2, -0.15) is 4.39 Å². The van der Waals surface area contributed by atoms with Gasteiger partial charge in [0.15, 0.2) is 17.7 Å². The van der Waals surface area contributed by atoms with Crippen LogP contribution in [0.4, 0.5) is 13.2 Å². The molecule has 0 bridgehead atoms. The third-order valence-electron chi connectivity index (χ3n) is 7.16. The fourth-order valence-electron chi connectivity index (χ4n) is 4.49. The summed E-state index contributed by atoms with van der Waals surface area (Å²) in [5, 5.41) is 0. The summed E-state index contributed by atoms with van der Waals surface area (Å²) in [7, 11) is 0. The molecule has 2 atom stereocenters. The van der Waals surface area contributed by atoms with Gasteiger partial charge >= 0.3 is 11.9 Å². The monoisotopic (exact) mass is 534 g/mol. The van der Waals surface area contributed by atoms with E-state index in [4.69, 9.17) is 14.2 Å². The van der Waals surface area contributed by atoms with E-state index in [1.807, 2.05) is 26.0 Å². The molecule has 1 aliphatic rings. The van der Waals surface area contributed by atoms with Crippen LogP contribution >= 0.6 is 0 Å². The lowest BCUT2D eigenvalue weighted by Crippen LogP contribution is -2.31. The standard InChI is InChI=1S/C30H37F3O5/c1-4-6-7-18-36-25-17-16-24(27(32)28(25)33)29(34)37-22-12-8-20(9-13-22)21-10-14-23(15-11-21)38-30(35)26(31)19(3)5-2/h8-9,12-13,16-17,19,21,23,26H,4-7,10-11,14-15,18H2,1-3H3/t19-,21-,23-,26-/m0/s1. The highest BCUT2D eigenvalue weighted by atomic mass is 19.2. The number of hydrogen-bond acceptors (Lipinski definition) is 5. The van der Waals surface area contributed by atoms with Crippen molar-refractivity contribution in [2.24, 2.45) is 5.92 Å². The molecule has 38 heavy (non-hydrogen) atoms. The zero-order chi connectivity index (χ0) is 27.7. The van der Waals surface area contributed by atoms with Gasteiger partial charge in [0.2, 0.25) is 5.82 Å². The van der Waals surface area contributed by atoms with Gasteiger partial charge in [-0.15, -0.1) is 0 Å². The summed E-state index contributed by atoms with van der Waals surface area (Å²) < 4.78 is 58.9. The lowest BCUT2D eigenvalue weighted by Gasteiger charge is -2.29. The van der Waals surface area contributed by atoms with Gasteiger partial charge in [-0.25, -0.2) is 18.4 Å². The number of rotatable bonds is 12. The molecule has 1 fully saturated rings. The van der Waals surface area contributed by atoms with Crippen LogP contribution in [-0.2, 0) is 9.53 Å². The smallest absolute Gasteiger partial charge is 0.346 e. The van der Waals surface area contributed by atoms with E-state index in [0.717, 1.165) is 43.7 Å². The molecular formula is C30H37F3O5. The van der Waals surface area contributed by atoms with Crippen LogP contribution in [0, 0.1) is 17.6 Å². The van der Waals surface area contributed by atoms with E-state index in [9.17, 15) is 22.8 Å². The molecule has 0 spiro atoms. The van der Waals surface area contributed by atoms with E-state index in [2.05, 4.69) is 0 Å². The highest BCUT2D eigenvalue weighted by Crippen LogP contribution is 2.35. The number of halogens is 3. The number of esters is 2. The first kappa shape index (κ1) is 29.5. The fourth-order valence-corrected chi connectivity index (χ4v) is 4.49. The highest BCUT2D eigenvalue weighted by Gasteiger charge is 2.30. The topological polar surface area (TPSA) is 61.8 Å². The van der Waals surface area contributed by atoms with Gasteiger partial charge in [-0.3, -0.25) is 0 Å². The summed E-state index contributed by atoms with van der Waals surface area (Å²) in [6, 6.07) is 9.26. The lowest BCUT2D eigenvalue weighted by atomic mass is 9.82. The summed E-state index contributed by atoms with van der Waals surface area (Å²) in [5.41, 5.74) is 0.517. The second-order valence-electron chi connectivity index (χ2n) is 9.95. The first-order valence-electron chi connectivity index (χ1n) is 13.5. The fraction of sp³-hybridized carbons (Fsp3) is 0.533. The molecule has 0 aromatic heterocycles. The Kier molecular flexibility index (Phi) is 11.0. The maximum absolute atomic E-state index is 14.5. The molecule has 3 rings (SSSR count). The molecular weight excluding hydrogens is 497 g/mol. The maximum Gasteiger partial charge on any atom is 0.346 e. The third kappa shape index (κ3) is 7.74. The van der Waals surface area contributed by atoms with Crippen LogP contribution in [0.5, 0.6) is 11.5 Å². The average Bonchev–Trinajstić information content (AvgIpc) is 2.93. The van der Waals surface area contributed by atoms with Gasteiger partial charge in [0.1, 0.15) is 11.9 Å². The van der Waals surface area contributed by atoms with Crippen LogP contribution in [0.1, 0.15) is 94.0 Å². The van der Waals surface area contributed by atoms with Crippen LogP contribution in [0.2, 0.25) is 0 Å². The van der Waals surface area contributed by atoms with E-state index >= 15 is 0 Å². The zero-order valence-electron chi connectivity index (χ0n) is 22.3. The van der Waals surface area contributed by atoms with Crippen molar-refractivity contribution in [1.82, 2.24) is 0 Å². The summed E-state index contributed by atoms with van der Waals surface area (Å²) in [6.07, 6.45) is 4.14. The van der Waals surface area contributed by atoms with Gasteiger partial charge in [-0.1, -0.05) is 52.2 Å². The Hall–Kier alpha value is -3.03. The van der Waals surface area contributed by atoms with Crippen LogP contribution in [0.3, 0.4) is 0 Å². The first-order valence-corrected chi connectivity index (χ1v) is 13.5. The molecule has 0 saturated heterocycles. The Morgan fingerprint density at radius 3 is 2.26 bits per heavy atom. The van der Waals surface area contributed by atoms with Crippen LogP contribution in [0.25, 0.3) is 0 Å². The van der Waals surface area contributed by atoms with Gasteiger partial charge in [0.25, 0.3) is 0 Å². The first-order chi connectivity index (χ1) is 18.2. The minimum atomic E-state index is -1.60. The summed E-state index contributed by atoms with van der Waals surface area (Å²) >= 11 is 0. The van der Waals surface area contributed by atoms with Gasteiger partial charge in [0.05, 0.1) is 12.2 Å². The number of carbonyl (C=O) groups is 2. The molecule has 1 aliphatic carbocycles. The van der Waals surface area contributed by atoms with Crippen LogP contribution in [-0.4, -0.2) is 30.8 Å². The van der Waals surface area contributed by atoms with Crippen molar-refractivity contribution >= 4 is 11.9 Å². The van der Waals surface area contributed by atoms with Crippen molar-refractivity contribution in [2.75, 3.05) is 6.61 Å². The Labute approximate surface area is 222 Å². The van der Waals surface area contributed by atoms with E-state index in [1.165, 1.54) is 6.07 Å². The quantitative estimate of drug-likeness (QED) is 0.159. The number of unbranched alkanes of at least 4 members (excludes halogenated alkanes) is 2. The van der Waals surface area contributed by atoms with Crippen molar-refractivity contribution < 1.29 is 37.0 Å². The van der Waals surface area contributed by atoms with Crippen molar-refractivity contribution in [3.05, 3.63) is 59.2 Å². The lowest BCUT2D eigenvalue weighted by molar-refractivity contribution is -0.158. The summed E-state index contributed by atoms with van der Waals surface area (Å²) in [5.74, 6) is -4.46. The predicted molar refractivity (Wildman–Crippen MR) is 138 cm³/mol. The van der Waals surface area contributed by atoms with E-state index in [0.29, 0.717) is 19.3 Å². The molecule has 2 aromatic rings. The van der Waals surface area contributed by atoms with Gasteiger partial charge in [0, 0.05) is 0 Å². The van der Waals surface area contributed by atoms with Gasteiger partial charge < -0.3 is 14.2 Å². The van der Waals surface area contributed by atoms with Crippen molar-refractivity contribution in [3.63, 3.8) is 0 Å². The Balaban J connectivity index is 1.52. The predicted octanol–water partition coefficient (Wildman–Crippen LogP) is 7.71. The highest BCUT2D eigenvalue weighted by molar-refractivity contribution is 5.91. The van der Waals surface area contributed by atoms with Gasteiger partial charge in [-0.05, 0) is 73.8 Å². The number of alkyl halides is 1. The molecule has 0 N–H and O–H groups in total. The number of benzene rings is 2. The van der Waals surface area contributed by atoms with Crippen molar-refractivity contribution in [3.8, 4) is 11.5 Å². The van der Waals surface area contributed by atoms with Crippen LogP contribution in [0.15, 0.2) is 36.4 Å². The number of carbonyl (C=O) groups excluding carboxylic acids is 2.